The number of carboxylic acid groups (broad SMARTS) is 1. The first-order valence-corrected chi connectivity index (χ1v) is 4.49. The van der Waals surface area contributed by atoms with Gasteiger partial charge < -0.3 is 10.4 Å². The molecule has 0 saturated carbocycles. The number of nitrogens with one attached hydrogen (secondary N) is 1. The molecule has 1 aromatic heterocycles. The van der Waals surface area contributed by atoms with Crippen LogP contribution in [0.25, 0.3) is 0 Å². The molecule has 0 saturated heterocycles. The molecule has 0 bridgehead atoms. The summed E-state index contributed by atoms with van der Waals surface area (Å²) in [6.07, 6.45) is 1.30. The molecule has 82 valence electrons. The zero-order valence-corrected chi connectivity index (χ0v) is 8.81. The van der Waals surface area contributed by atoms with Gasteiger partial charge in [0.15, 0.2) is 5.69 Å². The van der Waals surface area contributed by atoms with Gasteiger partial charge in [-0.15, -0.1) is 0 Å². The largest absolute Gasteiger partial charge is 0.478 e. The van der Waals surface area contributed by atoms with Gasteiger partial charge in [-0.05, 0) is 13.8 Å². The van der Waals surface area contributed by atoms with Crippen molar-refractivity contribution in [1.82, 2.24) is 15.1 Å². The summed E-state index contributed by atoms with van der Waals surface area (Å²) in [6.45, 7) is 3.59. The zero-order valence-electron chi connectivity index (χ0n) is 8.81. The highest BCUT2D eigenvalue weighted by Crippen LogP contribution is 2.06. The number of nitrogens with zero attached hydrogens (tertiary/aromatic N) is 2. The summed E-state index contributed by atoms with van der Waals surface area (Å²) in [5.74, 6) is -1.62. The van der Waals surface area contributed by atoms with Crippen LogP contribution in [0.5, 0.6) is 0 Å². The normalized spacial score (nSPS) is 10.4. The number of carboxylic acids is 1. The molecule has 1 amide bonds. The first kappa shape index (κ1) is 11.2. The van der Waals surface area contributed by atoms with E-state index in [1.54, 1.807) is 20.9 Å². The van der Waals surface area contributed by atoms with E-state index >= 15 is 0 Å². The Morgan fingerprint density at radius 1 is 1.53 bits per heavy atom. The third-order valence-electron chi connectivity index (χ3n) is 1.69. The van der Waals surface area contributed by atoms with Gasteiger partial charge in [0.05, 0.1) is 0 Å². The maximum Gasteiger partial charge on any atom is 0.339 e. The van der Waals surface area contributed by atoms with E-state index in [9.17, 15) is 9.59 Å². The molecule has 1 aromatic rings. The molecule has 0 aliphatic heterocycles. The summed E-state index contributed by atoms with van der Waals surface area (Å²) < 4.78 is 1.30. The monoisotopic (exact) mass is 211 g/mol. The number of hydrogen-bond acceptors (Lipinski definition) is 3. The standard InChI is InChI=1S/C9H13N3O3/c1-5(2)10-8(13)7-6(9(14)15)4-12(3)11-7/h4-5H,1-3H3,(H,10,13)(H,14,15). The van der Waals surface area contributed by atoms with E-state index in [0.717, 1.165) is 0 Å². The fourth-order valence-corrected chi connectivity index (χ4v) is 1.14. The van der Waals surface area contributed by atoms with Crippen molar-refractivity contribution in [3.8, 4) is 0 Å². The minimum Gasteiger partial charge on any atom is -0.478 e. The molecule has 0 radical (unpaired) electrons. The average Bonchev–Trinajstić information content (AvgIpc) is 2.46. The van der Waals surface area contributed by atoms with Gasteiger partial charge in [-0.25, -0.2) is 4.79 Å². The molecule has 0 aliphatic rings. The minimum absolute atomic E-state index is 0.0545. The van der Waals surface area contributed by atoms with Crippen LogP contribution in [0.1, 0.15) is 34.7 Å². The second-order valence-corrected chi connectivity index (χ2v) is 3.50. The molecule has 2 N–H and O–H groups in total. The number of aromatic carboxylic acids is 1. The van der Waals surface area contributed by atoms with Crippen molar-refractivity contribution in [1.29, 1.82) is 0 Å². The second-order valence-electron chi connectivity index (χ2n) is 3.50. The highest BCUT2D eigenvalue weighted by molar-refractivity contribution is 6.03. The van der Waals surface area contributed by atoms with Gasteiger partial charge in [0, 0.05) is 19.3 Å². The molecule has 1 rings (SSSR count). The van der Waals surface area contributed by atoms with E-state index in [1.165, 1.54) is 10.9 Å². The molecular formula is C9H13N3O3. The van der Waals surface area contributed by atoms with E-state index in [2.05, 4.69) is 10.4 Å². The quantitative estimate of drug-likeness (QED) is 0.750. The lowest BCUT2D eigenvalue weighted by atomic mass is 10.2. The van der Waals surface area contributed by atoms with Gasteiger partial charge in [-0.2, -0.15) is 5.10 Å². The second kappa shape index (κ2) is 4.12. The van der Waals surface area contributed by atoms with Gasteiger partial charge in [0.1, 0.15) is 5.56 Å². The van der Waals surface area contributed by atoms with Crippen LogP contribution >= 0.6 is 0 Å². The number of carbonyl (C=O) groups is 2. The summed E-state index contributed by atoms with van der Waals surface area (Å²) >= 11 is 0. The van der Waals surface area contributed by atoms with Crippen LogP contribution in [0.3, 0.4) is 0 Å². The van der Waals surface area contributed by atoms with E-state index in [4.69, 9.17) is 5.11 Å². The number of hydrogen-bond donors (Lipinski definition) is 2. The van der Waals surface area contributed by atoms with Crippen molar-refractivity contribution < 1.29 is 14.7 Å². The molecule has 0 unspecified atom stereocenters. The Morgan fingerprint density at radius 3 is 2.60 bits per heavy atom. The van der Waals surface area contributed by atoms with Crippen LogP contribution < -0.4 is 5.32 Å². The summed E-state index contributed by atoms with van der Waals surface area (Å²) in [7, 11) is 1.57. The summed E-state index contributed by atoms with van der Waals surface area (Å²) in [6, 6.07) is -0.0545. The summed E-state index contributed by atoms with van der Waals surface area (Å²) in [5, 5.41) is 15.2. The van der Waals surface area contributed by atoms with Crippen molar-refractivity contribution in [2.75, 3.05) is 0 Å². The summed E-state index contributed by atoms with van der Waals surface area (Å²) in [5.41, 5.74) is -0.144. The lowest BCUT2D eigenvalue weighted by Crippen LogP contribution is -2.31. The smallest absolute Gasteiger partial charge is 0.339 e. The predicted octanol–water partition coefficient (Wildman–Crippen LogP) is 0.256. The van der Waals surface area contributed by atoms with Crippen LogP contribution in [0, 0.1) is 0 Å². The van der Waals surface area contributed by atoms with Gasteiger partial charge in [-0.1, -0.05) is 0 Å². The van der Waals surface area contributed by atoms with Crippen LogP contribution in [-0.4, -0.2) is 32.8 Å². The number of aryl methyl sites for hydroxylation is 1. The number of carbonyl (C=O) groups excluding carboxylic acids is 1. The number of rotatable bonds is 3. The van der Waals surface area contributed by atoms with Crippen LogP contribution in [-0.2, 0) is 7.05 Å². The third-order valence-corrected chi connectivity index (χ3v) is 1.69. The fraction of sp³-hybridized carbons (Fsp3) is 0.444. The number of amides is 1. The first-order chi connectivity index (χ1) is 6.91. The van der Waals surface area contributed by atoms with Gasteiger partial charge >= 0.3 is 5.97 Å². The van der Waals surface area contributed by atoms with Crippen LogP contribution in [0.4, 0.5) is 0 Å². The van der Waals surface area contributed by atoms with E-state index in [-0.39, 0.29) is 17.3 Å². The molecule has 0 aliphatic carbocycles. The molecule has 0 atom stereocenters. The number of aromatic nitrogens is 2. The molecule has 6 nitrogen and oxygen atoms in total. The molecule has 0 spiro atoms. The van der Waals surface area contributed by atoms with Crippen LogP contribution in [0.2, 0.25) is 0 Å². The maximum absolute atomic E-state index is 11.5. The molecule has 0 aromatic carbocycles. The Kier molecular flexibility index (Phi) is 3.08. The molecule has 6 heteroatoms. The first-order valence-electron chi connectivity index (χ1n) is 4.49. The van der Waals surface area contributed by atoms with Gasteiger partial charge in [0.2, 0.25) is 0 Å². The Labute approximate surface area is 86.9 Å². The average molecular weight is 211 g/mol. The third kappa shape index (κ3) is 2.55. The van der Waals surface area contributed by atoms with E-state index in [1.807, 2.05) is 0 Å². The Morgan fingerprint density at radius 2 is 2.13 bits per heavy atom. The highest BCUT2D eigenvalue weighted by Gasteiger charge is 2.21. The lowest BCUT2D eigenvalue weighted by Gasteiger charge is -2.06. The van der Waals surface area contributed by atoms with Crippen molar-refractivity contribution in [3.63, 3.8) is 0 Å². The fourth-order valence-electron chi connectivity index (χ4n) is 1.14. The SMILES string of the molecule is CC(C)NC(=O)c1nn(C)cc1C(=O)O. The van der Waals surface area contributed by atoms with E-state index < -0.39 is 11.9 Å². The van der Waals surface area contributed by atoms with E-state index in [0.29, 0.717) is 0 Å². The molecule has 0 fully saturated rings. The van der Waals surface area contributed by atoms with Crippen molar-refractivity contribution in [2.24, 2.45) is 7.05 Å². The predicted molar refractivity (Wildman–Crippen MR) is 52.8 cm³/mol. The van der Waals surface area contributed by atoms with Crippen molar-refractivity contribution in [3.05, 3.63) is 17.5 Å². The summed E-state index contributed by atoms with van der Waals surface area (Å²) in [4.78, 5) is 22.3. The Hall–Kier alpha value is -1.85. The Balaban J connectivity index is 3.02. The van der Waals surface area contributed by atoms with Crippen molar-refractivity contribution >= 4 is 11.9 Å². The topological polar surface area (TPSA) is 84.2 Å². The van der Waals surface area contributed by atoms with Crippen molar-refractivity contribution in [2.45, 2.75) is 19.9 Å². The molecule has 1 heterocycles. The zero-order chi connectivity index (χ0) is 11.6. The Bertz CT molecular complexity index is 395. The minimum atomic E-state index is -1.16. The van der Waals surface area contributed by atoms with Gasteiger partial charge in [-0.3, -0.25) is 9.48 Å². The van der Waals surface area contributed by atoms with Gasteiger partial charge in [0.25, 0.3) is 5.91 Å². The highest BCUT2D eigenvalue weighted by atomic mass is 16.4. The lowest BCUT2D eigenvalue weighted by molar-refractivity contribution is 0.0690. The van der Waals surface area contributed by atoms with Crippen LogP contribution in [0.15, 0.2) is 6.20 Å². The molecular weight excluding hydrogens is 198 g/mol. The molecule has 15 heavy (non-hydrogen) atoms. The maximum atomic E-state index is 11.5.